The van der Waals surface area contributed by atoms with Crippen LogP contribution >= 0.6 is 0 Å². The Labute approximate surface area is 184 Å². The van der Waals surface area contributed by atoms with E-state index >= 15 is 0 Å². The van der Waals surface area contributed by atoms with Crippen molar-refractivity contribution < 1.29 is 14.4 Å². The van der Waals surface area contributed by atoms with Gasteiger partial charge in [-0.1, -0.05) is 36.5 Å². The molecule has 2 amide bonds. The Bertz CT molecular complexity index is 804. The van der Waals surface area contributed by atoms with E-state index in [2.05, 4.69) is 26.2 Å². The maximum atomic E-state index is 12.2. The summed E-state index contributed by atoms with van der Waals surface area (Å²) in [4.78, 5) is 43.4. The van der Waals surface area contributed by atoms with Crippen molar-refractivity contribution >= 4 is 29.6 Å². The Kier molecular flexibility index (Phi) is 12.9. The molecule has 0 saturated carbocycles. The first-order valence-corrected chi connectivity index (χ1v) is 10.5. The lowest BCUT2D eigenvalue weighted by Crippen LogP contribution is -2.41. The number of aliphatic imine (C=N–C) groups is 2. The normalized spacial score (nSPS) is 14.5. The van der Waals surface area contributed by atoms with Gasteiger partial charge in [-0.05, 0) is 38.7 Å². The van der Waals surface area contributed by atoms with E-state index in [1.165, 1.54) is 0 Å². The number of amides is 2. The summed E-state index contributed by atoms with van der Waals surface area (Å²) in [6, 6.07) is 0. The van der Waals surface area contributed by atoms with Crippen LogP contribution in [0.4, 0.5) is 0 Å². The molecule has 1 aliphatic carbocycles. The van der Waals surface area contributed by atoms with Crippen LogP contribution in [0.1, 0.15) is 46.0 Å². The van der Waals surface area contributed by atoms with Crippen LogP contribution in [-0.2, 0) is 14.4 Å². The number of nitrogens with zero attached hydrogens (tertiary/aromatic N) is 2. The molecule has 0 atom stereocenters. The van der Waals surface area contributed by atoms with Crippen LogP contribution in [0.15, 0.2) is 57.6 Å². The van der Waals surface area contributed by atoms with Crippen molar-refractivity contribution in [3.63, 3.8) is 0 Å². The van der Waals surface area contributed by atoms with Gasteiger partial charge in [0.15, 0.2) is 11.6 Å². The molecule has 0 aromatic carbocycles. The molecule has 0 aromatic heterocycles. The number of amidine groups is 1. The molecule has 0 saturated heterocycles. The van der Waals surface area contributed by atoms with Gasteiger partial charge in [0, 0.05) is 38.6 Å². The van der Waals surface area contributed by atoms with E-state index in [4.69, 9.17) is 0 Å². The van der Waals surface area contributed by atoms with E-state index in [-0.39, 0.29) is 11.7 Å². The number of hydrogen-bond acceptors (Lipinski definition) is 5. The second-order valence-electron chi connectivity index (χ2n) is 6.83. The van der Waals surface area contributed by atoms with Crippen LogP contribution < -0.4 is 16.2 Å². The summed E-state index contributed by atoms with van der Waals surface area (Å²) in [6.45, 7) is 4.73. The molecule has 0 unspecified atom stereocenters. The minimum atomic E-state index is -0.0800. The molecule has 0 spiro atoms. The maximum absolute atomic E-state index is 12.2. The quantitative estimate of drug-likeness (QED) is 0.138. The Balaban J connectivity index is 2.37. The Hall–Kier alpha value is -3.29. The summed E-state index contributed by atoms with van der Waals surface area (Å²) >= 11 is 0. The van der Waals surface area contributed by atoms with Gasteiger partial charge in [-0.15, -0.1) is 0 Å². The first-order valence-electron chi connectivity index (χ1n) is 10.5. The van der Waals surface area contributed by atoms with Gasteiger partial charge in [0.2, 0.25) is 12.3 Å². The number of Topliss-reactive ketones (excluding diaryl/α,β-unsaturated/α-hetero) is 1. The van der Waals surface area contributed by atoms with Gasteiger partial charge in [-0.25, -0.2) is 0 Å². The second kappa shape index (κ2) is 15.5. The first kappa shape index (κ1) is 25.7. The summed E-state index contributed by atoms with van der Waals surface area (Å²) in [5.41, 5.74) is 7.38. The number of hydrazine groups is 1. The van der Waals surface area contributed by atoms with Crippen molar-refractivity contribution in [1.29, 1.82) is 0 Å². The smallest absolute Gasteiger partial charge is 0.225 e. The highest BCUT2D eigenvalue weighted by atomic mass is 16.2. The molecule has 1 rings (SSSR count). The van der Waals surface area contributed by atoms with Crippen molar-refractivity contribution in [2.75, 3.05) is 20.1 Å². The zero-order chi connectivity index (χ0) is 22.9. The maximum Gasteiger partial charge on any atom is 0.225 e. The lowest BCUT2D eigenvalue weighted by Gasteiger charge is -2.12. The van der Waals surface area contributed by atoms with Crippen molar-refractivity contribution in [1.82, 2.24) is 16.2 Å². The molecule has 168 valence electrons. The number of carbonyl (C=O) groups is 3. The summed E-state index contributed by atoms with van der Waals surface area (Å²) in [5.74, 6) is 0.439. The van der Waals surface area contributed by atoms with Gasteiger partial charge in [0.05, 0.1) is 0 Å². The van der Waals surface area contributed by atoms with E-state index in [0.29, 0.717) is 62.3 Å². The lowest BCUT2D eigenvalue weighted by atomic mass is 10.0. The molecular formula is C23H33N5O3. The van der Waals surface area contributed by atoms with Crippen LogP contribution in [-0.4, -0.2) is 49.8 Å². The van der Waals surface area contributed by atoms with Gasteiger partial charge in [0.25, 0.3) is 0 Å². The first-order chi connectivity index (χ1) is 15.0. The summed E-state index contributed by atoms with van der Waals surface area (Å²) in [5, 5.41) is 2.85. The highest BCUT2D eigenvalue weighted by Crippen LogP contribution is 2.10. The minimum absolute atomic E-state index is 0.0544. The van der Waals surface area contributed by atoms with Crippen LogP contribution in [0.2, 0.25) is 0 Å². The van der Waals surface area contributed by atoms with Crippen LogP contribution in [0.3, 0.4) is 0 Å². The van der Waals surface area contributed by atoms with Crippen molar-refractivity contribution in [3.05, 3.63) is 47.6 Å². The third kappa shape index (κ3) is 10.3. The van der Waals surface area contributed by atoms with Gasteiger partial charge in [0.1, 0.15) is 5.71 Å². The fourth-order valence-electron chi connectivity index (χ4n) is 2.78. The summed E-state index contributed by atoms with van der Waals surface area (Å²) in [6.07, 6.45) is 14.5. The molecule has 31 heavy (non-hydrogen) atoms. The number of carbonyl (C=O) groups excluding carboxylic acids is 3. The molecule has 3 N–H and O–H groups in total. The molecule has 0 aliphatic heterocycles. The van der Waals surface area contributed by atoms with Crippen molar-refractivity contribution in [3.8, 4) is 0 Å². The van der Waals surface area contributed by atoms with Crippen LogP contribution in [0, 0.1) is 0 Å². The number of ketones is 1. The molecule has 0 heterocycles. The van der Waals surface area contributed by atoms with Gasteiger partial charge in [-0.3, -0.25) is 35.2 Å². The Morgan fingerprint density at radius 1 is 1.19 bits per heavy atom. The molecular weight excluding hydrogens is 394 g/mol. The number of nitrogens with one attached hydrogen (secondary N) is 3. The zero-order valence-corrected chi connectivity index (χ0v) is 18.6. The average Bonchev–Trinajstić information content (AvgIpc) is 3.06. The van der Waals surface area contributed by atoms with E-state index in [1.54, 1.807) is 7.05 Å². The highest BCUT2D eigenvalue weighted by Gasteiger charge is 2.10. The van der Waals surface area contributed by atoms with Crippen LogP contribution in [0.25, 0.3) is 0 Å². The Morgan fingerprint density at radius 3 is 2.71 bits per heavy atom. The molecule has 1 aliphatic rings. The fraction of sp³-hybridized carbons (Fsp3) is 0.435. The lowest BCUT2D eigenvalue weighted by molar-refractivity contribution is -0.121. The zero-order valence-electron chi connectivity index (χ0n) is 18.6. The van der Waals surface area contributed by atoms with Gasteiger partial charge >= 0.3 is 0 Å². The topological polar surface area (TPSA) is 112 Å². The molecule has 0 fully saturated rings. The van der Waals surface area contributed by atoms with E-state index in [0.717, 1.165) is 12.0 Å². The monoisotopic (exact) mass is 427 g/mol. The number of allylic oxidation sites excluding steroid dienone is 7. The largest absolute Gasteiger partial charge is 0.356 e. The predicted octanol–water partition coefficient (Wildman–Crippen LogP) is 2.36. The molecule has 0 bridgehead atoms. The van der Waals surface area contributed by atoms with Gasteiger partial charge < -0.3 is 5.32 Å². The SMILES string of the molecule is C/C=C(/C)C(=NC)C(=NCCCNC(=O)CCCC(=O)C1=CC=CCC=C1)NNC=O. The number of hydrogen-bond donors (Lipinski definition) is 3. The van der Waals surface area contributed by atoms with Crippen LogP contribution in [0.5, 0.6) is 0 Å². The standard InChI is InChI=1S/C23H33N5O3/c1-4-18(2)22(24-3)23(28-27-17-29)26-16-10-15-25-21(31)14-9-13-20(30)19-11-7-5-6-8-12-19/h4-5,7-8,11-12,17H,6,9-10,13-16H2,1-3H3,(H,25,31)(H,26,28)(H,27,29)/b18-4-,24-22?. The average molecular weight is 428 g/mol. The summed E-state index contributed by atoms with van der Waals surface area (Å²) in [7, 11) is 1.66. The molecule has 8 heteroatoms. The third-order valence-electron chi connectivity index (χ3n) is 4.54. The van der Waals surface area contributed by atoms with Crippen molar-refractivity contribution in [2.45, 2.75) is 46.0 Å². The molecule has 0 radical (unpaired) electrons. The van der Waals surface area contributed by atoms with Gasteiger partial charge in [-0.2, -0.15) is 0 Å². The third-order valence-corrected chi connectivity index (χ3v) is 4.54. The van der Waals surface area contributed by atoms with Crippen molar-refractivity contribution in [2.24, 2.45) is 9.98 Å². The van der Waals surface area contributed by atoms with E-state index in [1.807, 2.05) is 50.3 Å². The summed E-state index contributed by atoms with van der Waals surface area (Å²) < 4.78 is 0. The minimum Gasteiger partial charge on any atom is -0.356 e. The molecule has 8 nitrogen and oxygen atoms in total. The Morgan fingerprint density at radius 2 is 2.00 bits per heavy atom. The molecule has 0 aromatic rings. The highest BCUT2D eigenvalue weighted by molar-refractivity contribution is 6.47. The fourth-order valence-corrected chi connectivity index (χ4v) is 2.78. The van der Waals surface area contributed by atoms with E-state index in [9.17, 15) is 14.4 Å². The number of rotatable bonds is 13. The predicted molar refractivity (Wildman–Crippen MR) is 125 cm³/mol. The second-order valence-corrected chi connectivity index (χ2v) is 6.83. The van der Waals surface area contributed by atoms with E-state index < -0.39 is 0 Å².